The molecular formula is C14H19NO4. The van der Waals surface area contributed by atoms with Crippen LogP contribution in [-0.4, -0.2) is 39.3 Å². The molecule has 5 heteroatoms. The Morgan fingerprint density at radius 3 is 2.74 bits per heavy atom. The highest BCUT2D eigenvalue weighted by atomic mass is 16.4. The number of likely N-dealkylation sites (tertiary alicyclic amines) is 1. The molecule has 0 saturated carbocycles. The van der Waals surface area contributed by atoms with E-state index >= 15 is 0 Å². The maximum absolute atomic E-state index is 11.3. The summed E-state index contributed by atoms with van der Waals surface area (Å²) in [7, 11) is 0. The number of phenols is 2. The molecule has 1 saturated heterocycles. The minimum Gasteiger partial charge on any atom is -0.504 e. The number of aliphatic carboxylic acids is 1. The normalized spacial score (nSPS) is 24.3. The SMILES string of the molecule is CC1(C(=O)O)CCCN(Cc2ccc(O)c(O)c2)C1. The van der Waals surface area contributed by atoms with E-state index in [2.05, 4.69) is 4.90 Å². The van der Waals surface area contributed by atoms with E-state index in [9.17, 15) is 20.1 Å². The second-order valence-electron chi connectivity index (χ2n) is 5.50. The second kappa shape index (κ2) is 5.09. The summed E-state index contributed by atoms with van der Waals surface area (Å²) < 4.78 is 0. The Morgan fingerprint density at radius 1 is 1.37 bits per heavy atom. The van der Waals surface area contributed by atoms with E-state index in [1.807, 2.05) is 0 Å². The number of carbonyl (C=O) groups is 1. The average Bonchev–Trinajstić information content (AvgIpc) is 2.34. The lowest BCUT2D eigenvalue weighted by atomic mass is 9.82. The molecule has 2 rings (SSSR count). The lowest BCUT2D eigenvalue weighted by molar-refractivity contribution is -0.151. The molecule has 1 fully saturated rings. The van der Waals surface area contributed by atoms with E-state index in [1.165, 1.54) is 12.1 Å². The van der Waals surface area contributed by atoms with Gasteiger partial charge in [0.2, 0.25) is 0 Å². The summed E-state index contributed by atoms with van der Waals surface area (Å²) in [6, 6.07) is 4.70. The number of phenolic OH excluding ortho intramolecular Hbond substituents is 2. The van der Waals surface area contributed by atoms with Gasteiger partial charge < -0.3 is 15.3 Å². The molecule has 104 valence electrons. The maximum Gasteiger partial charge on any atom is 0.310 e. The zero-order chi connectivity index (χ0) is 14.0. The highest BCUT2D eigenvalue weighted by molar-refractivity contribution is 5.74. The molecule has 0 amide bonds. The standard InChI is InChI=1S/C14H19NO4/c1-14(13(18)19)5-2-6-15(9-14)8-10-3-4-11(16)12(17)7-10/h3-4,7,16-17H,2,5-6,8-9H2,1H3,(H,18,19). The van der Waals surface area contributed by atoms with Gasteiger partial charge in [-0.05, 0) is 44.0 Å². The van der Waals surface area contributed by atoms with E-state index in [4.69, 9.17) is 0 Å². The quantitative estimate of drug-likeness (QED) is 0.726. The Balaban J connectivity index is 2.06. The lowest BCUT2D eigenvalue weighted by Crippen LogP contribution is -2.45. The fraction of sp³-hybridized carbons (Fsp3) is 0.500. The van der Waals surface area contributed by atoms with Crippen LogP contribution in [0.25, 0.3) is 0 Å². The summed E-state index contributed by atoms with van der Waals surface area (Å²) in [6.45, 7) is 3.71. The summed E-state index contributed by atoms with van der Waals surface area (Å²) >= 11 is 0. The van der Waals surface area contributed by atoms with Gasteiger partial charge in [0, 0.05) is 13.1 Å². The fourth-order valence-electron chi connectivity index (χ4n) is 2.58. The zero-order valence-electron chi connectivity index (χ0n) is 11.0. The van der Waals surface area contributed by atoms with E-state index in [0.717, 1.165) is 18.5 Å². The number of nitrogens with zero attached hydrogens (tertiary/aromatic N) is 1. The Morgan fingerprint density at radius 2 is 2.11 bits per heavy atom. The van der Waals surface area contributed by atoms with Crippen molar-refractivity contribution in [3.8, 4) is 11.5 Å². The smallest absolute Gasteiger partial charge is 0.310 e. The molecule has 1 unspecified atom stereocenters. The van der Waals surface area contributed by atoms with Crippen LogP contribution in [0.4, 0.5) is 0 Å². The first kappa shape index (κ1) is 13.7. The Hall–Kier alpha value is -1.75. The van der Waals surface area contributed by atoms with E-state index in [1.54, 1.807) is 13.0 Å². The van der Waals surface area contributed by atoms with Crippen molar-refractivity contribution >= 4 is 5.97 Å². The van der Waals surface area contributed by atoms with Gasteiger partial charge in [-0.15, -0.1) is 0 Å². The van der Waals surface area contributed by atoms with Crippen LogP contribution in [-0.2, 0) is 11.3 Å². The summed E-state index contributed by atoms with van der Waals surface area (Å²) in [5.74, 6) is -1.04. The van der Waals surface area contributed by atoms with E-state index < -0.39 is 11.4 Å². The molecule has 5 nitrogen and oxygen atoms in total. The minimum atomic E-state index is -0.759. The van der Waals surface area contributed by atoms with Crippen LogP contribution < -0.4 is 0 Å². The van der Waals surface area contributed by atoms with Crippen LogP contribution in [0.1, 0.15) is 25.3 Å². The van der Waals surface area contributed by atoms with Gasteiger partial charge in [-0.25, -0.2) is 0 Å². The zero-order valence-corrected chi connectivity index (χ0v) is 11.0. The van der Waals surface area contributed by atoms with E-state index in [-0.39, 0.29) is 11.5 Å². The van der Waals surface area contributed by atoms with Crippen molar-refractivity contribution in [2.24, 2.45) is 5.41 Å². The average molecular weight is 265 g/mol. The molecule has 1 atom stereocenters. The third-order valence-corrected chi connectivity index (χ3v) is 3.74. The van der Waals surface area contributed by atoms with Crippen molar-refractivity contribution < 1.29 is 20.1 Å². The van der Waals surface area contributed by atoms with Crippen molar-refractivity contribution in [1.29, 1.82) is 0 Å². The van der Waals surface area contributed by atoms with Crippen molar-refractivity contribution in [1.82, 2.24) is 4.90 Å². The van der Waals surface area contributed by atoms with Crippen molar-refractivity contribution in [3.63, 3.8) is 0 Å². The Labute approximate surface area is 112 Å². The van der Waals surface area contributed by atoms with Crippen molar-refractivity contribution in [3.05, 3.63) is 23.8 Å². The predicted molar refractivity (Wildman–Crippen MR) is 70.0 cm³/mol. The molecule has 1 heterocycles. The Kier molecular flexibility index (Phi) is 3.66. The maximum atomic E-state index is 11.3. The summed E-state index contributed by atoms with van der Waals surface area (Å²) in [4.78, 5) is 13.3. The molecule has 19 heavy (non-hydrogen) atoms. The number of carboxylic acids is 1. The van der Waals surface area contributed by atoms with Crippen LogP contribution in [0.3, 0.4) is 0 Å². The molecular weight excluding hydrogens is 246 g/mol. The van der Waals surface area contributed by atoms with Crippen LogP contribution in [0, 0.1) is 5.41 Å². The molecule has 1 aromatic rings. The molecule has 1 aliphatic rings. The van der Waals surface area contributed by atoms with Gasteiger partial charge in [-0.1, -0.05) is 6.07 Å². The van der Waals surface area contributed by atoms with Crippen LogP contribution in [0.5, 0.6) is 11.5 Å². The molecule has 3 N–H and O–H groups in total. The number of rotatable bonds is 3. The molecule has 0 bridgehead atoms. The largest absolute Gasteiger partial charge is 0.504 e. The summed E-state index contributed by atoms with van der Waals surface area (Å²) in [5, 5.41) is 28.0. The van der Waals surface area contributed by atoms with Gasteiger partial charge in [0.1, 0.15) is 0 Å². The van der Waals surface area contributed by atoms with Crippen molar-refractivity contribution in [2.45, 2.75) is 26.3 Å². The first-order chi connectivity index (χ1) is 8.90. The first-order valence-electron chi connectivity index (χ1n) is 6.37. The third-order valence-electron chi connectivity index (χ3n) is 3.74. The van der Waals surface area contributed by atoms with Gasteiger partial charge in [0.15, 0.2) is 11.5 Å². The number of benzene rings is 1. The molecule has 0 spiro atoms. The summed E-state index contributed by atoms with van der Waals surface area (Å²) in [6.07, 6.45) is 1.55. The topological polar surface area (TPSA) is 81.0 Å². The predicted octanol–water partition coefficient (Wildman–Crippen LogP) is 1.78. The number of hydrogen-bond donors (Lipinski definition) is 3. The fourth-order valence-corrected chi connectivity index (χ4v) is 2.58. The van der Waals surface area contributed by atoms with Gasteiger partial charge >= 0.3 is 5.97 Å². The Bertz CT molecular complexity index is 488. The van der Waals surface area contributed by atoms with Crippen LogP contribution >= 0.6 is 0 Å². The molecule has 1 aromatic carbocycles. The molecule has 0 aromatic heterocycles. The van der Waals surface area contributed by atoms with Gasteiger partial charge in [-0.2, -0.15) is 0 Å². The number of carboxylic acid groups (broad SMARTS) is 1. The van der Waals surface area contributed by atoms with Crippen molar-refractivity contribution in [2.75, 3.05) is 13.1 Å². The van der Waals surface area contributed by atoms with Gasteiger partial charge in [-0.3, -0.25) is 9.69 Å². The first-order valence-corrected chi connectivity index (χ1v) is 6.37. The molecule has 1 aliphatic heterocycles. The third kappa shape index (κ3) is 2.98. The van der Waals surface area contributed by atoms with Gasteiger partial charge in [0.25, 0.3) is 0 Å². The second-order valence-corrected chi connectivity index (χ2v) is 5.50. The van der Waals surface area contributed by atoms with Crippen LogP contribution in [0.2, 0.25) is 0 Å². The van der Waals surface area contributed by atoms with Crippen LogP contribution in [0.15, 0.2) is 18.2 Å². The summed E-state index contributed by atoms with van der Waals surface area (Å²) in [5.41, 5.74) is 0.168. The highest BCUT2D eigenvalue weighted by Gasteiger charge is 2.37. The monoisotopic (exact) mass is 265 g/mol. The number of hydrogen-bond acceptors (Lipinski definition) is 4. The number of aromatic hydroxyl groups is 2. The lowest BCUT2D eigenvalue weighted by Gasteiger charge is -2.37. The number of piperidine rings is 1. The van der Waals surface area contributed by atoms with E-state index in [0.29, 0.717) is 19.5 Å². The molecule has 0 radical (unpaired) electrons. The highest BCUT2D eigenvalue weighted by Crippen LogP contribution is 2.31. The van der Waals surface area contributed by atoms with Gasteiger partial charge in [0.05, 0.1) is 5.41 Å². The molecule has 0 aliphatic carbocycles. The minimum absolute atomic E-state index is 0.141.